The van der Waals surface area contributed by atoms with E-state index >= 15 is 0 Å². The second-order valence-corrected chi connectivity index (χ2v) is 13.8. The van der Waals surface area contributed by atoms with Crippen LogP contribution in [0.25, 0.3) is 0 Å². The van der Waals surface area contributed by atoms with Gasteiger partial charge in [0.25, 0.3) is 0 Å². The van der Waals surface area contributed by atoms with Crippen LogP contribution in [0.15, 0.2) is 93.0 Å². The van der Waals surface area contributed by atoms with Gasteiger partial charge < -0.3 is 0 Å². The summed E-state index contributed by atoms with van der Waals surface area (Å²) in [6.07, 6.45) is 0. The molecule has 0 nitrogen and oxygen atoms in total. The van der Waals surface area contributed by atoms with Gasteiger partial charge in [-0.3, -0.25) is 0 Å². The van der Waals surface area contributed by atoms with Crippen molar-refractivity contribution in [1.82, 2.24) is 0 Å². The Kier molecular flexibility index (Phi) is 11.2. The molecule has 0 saturated heterocycles. The number of hydrogen-bond acceptors (Lipinski definition) is 0. The molecule has 4 rings (SSSR count). The Morgan fingerprint density at radius 3 is 1.21 bits per heavy atom. The van der Waals surface area contributed by atoms with Crippen LogP contribution in [-0.4, -0.2) is 8.07 Å². The summed E-state index contributed by atoms with van der Waals surface area (Å²) < 4.78 is 1.53. The molecule has 5 heteroatoms. The molecule has 1 atom stereocenters. The van der Waals surface area contributed by atoms with Gasteiger partial charge in [-0.15, -0.1) is 37.2 Å². The summed E-state index contributed by atoms with van der Waals surface area (Å²) in [7, 11) is -2.46. The van der Waals surface area contributed by atoms with Crippen molar-refractivity contribution < 1.29 is 20.4 Å². The van der Waals surface area contributed by atoms with Crippen molar-refractivity contribution in [3.05, 3.63) is 110 Å². The minimum Gasteiger partial charge on any atom is -0.147 e. The van der Waals surface area contributed by atoms with E-state index in [1.54, 1.807) is 5.20 Å². The quantitative estimate of drug-likeness (QED) is 0.245. The third-order valence-corrected chi connectivity index (χ3v) is 13.4. The van der Waals surface area contributed by atoms with Gasteiger partial charge in [-0.25, -0.2) is 0 Å². The molecule has 1 unspecified atom stereocenters. The average molecular weight is 565 g/mol. The molecule has 0 aliphatic heterocycles. The first-order chi connectivity index (χ1) is 14.8. The average Bonchev–Trinajstić information content (AvgIpc) is 2.93. The van der Waals surface area contributed by atoms with Crippen molar-refractivity contribution in [1.29, 1.82) is 0 Å². The molecule has 0 radical (unpaired) electrons. The minimum atomic E-state index is -2.46. The van der Waals surface area contributed by atoms with Gasteiger partial charge in [-0.2, -0.15) is 0 Å². The van der Waals surface area contributed by atoms with E-state index in [1.807, 2.05) is 0 Å². The third kappa shape index (κ3) is 5.21. The van der Waals surface area contributed by atoms with Crippen molar-refractivity contribution in [3.63, 3.8) is 0 Å². The number of halogens is 3. The van der Waals surface area contributed by atoms with Gasteiger partial charge >= 0.3 is 201 Å². The zero-order chi connectivity index (χ0) is 22.3. The van der Waals surface area contributed by atoms with Crippen LogP contribution in [0.4, 0.5) is 0 Å². The molecule has 0 amide bonds. The molecule has 0 saturated carbocycles. The molecular weight excluding hydrogens is 531 g/mol. The molecule has 34 heavy (non-hydrogen) atoms. The predicted octanol–water partition coefficient (Wildman–Crippen LogP) is 6.67. The van der Waals surface area contributed by atoms with Crippen LogP contribution >= 0.6 is 37.2 Å². The Morgan fingerprint density at radius 2 is 0.941 bits per heavy atom. The molecule has 3 aromatic carbocycles. The van der Waals surface area contributed by atoms with Gasteiger partial charge in [0.05, 0.1) is 0 Å². The summed E-state index contributed by atoms with van der Waals surface area (Å²) in [5.41, 5.74) is 6.98. The number of hydrogen-bond donors (Lipinski definition) is 0. The Hall–Kier alpha value is -1.06. The van der Waals surface area contributed by atoms with Crippen molar-refractivity contribution >= 4 is 60.9 Å². The van der Waals surface area contributed by atoms with E-state index in [2.05, 4.69) is 135 Å². The standard InChI is InChI=1S/C29H31Si.3ClH.Ti/c1-20-10-7-13-26(16-20)30(27-14-8-11-21(2)17-27,28-15-9-12-22(3)18-28)29-24(5)19-23(4)25(29)6;;;;/h7-18,24H,1-6H3;3*1H;. The van der Waals surface area contributed by atoms with Gasteiger partial charge in [0.15, 0.2) is 0 Å². The Labute approximate surface area is 237 Å². The number of benzene rings is 3. The van der Waals surface area contributed by atoms with Gasteiger partial charge in [-0.05, 0) is 0 Å². The third-order valence-electron chi connectivity index (χ3n) is 6.99. The van der Waals surface area contributed by atoms with E-state index in [-0.39, 0.29) is 37.2 Å². The fraction of sp³-hybridized carbons (Fsp3) is 0.241. The molecule has 0 aromatic heterocycles. The summed E-state index contributed by atoms with van der Waals surface area (Å²) in [5.74, 6) is 0.452. The first-order valence-corrected chi connectivity index (χ1v) is 13.9. The SMILES string of the molecule is CC1=[C]([Ti])C(C)C([Si](c2cccc(C)c2)(c2cccc(C)c2)c2cccc(C)c2)=C1C.Cl.Cl.Cl. The molecule has 0 fully saturated rings. The van der Waals surface area contributed by atoms with Gasteiger partial charge in [-0.1, -0.05) is 0 Å². The van der Waals surface area contributed by atoms with Gasteiger partial charge in [0, 0.05) is 0 Å². The van der Waals surface area contributed by atoms with Crippen LogP contribution in [0.2, 0.25) is 0 Å². The minimum absolute atomic E-state index is 0. The van der Waals surface area contributed by atoms with Crippen molar-refractivity contribution in [2.24, 2.45) is 5.92 Å². The fourth-order valence-electron chi connectivity index (χ4n) is 5.41. The molecule has 1 aliphatic rings. The van der Waals surface area contributed by atoms with E-state index in [4.69, 9.17) is 0 Å². The van der Waals surface area contributed by atoms with Crippen LogP contribution in [0.3, 0.4) is 0 Å². The molecule has 3 aromatic rings. The molecular formula is C29H34Cl3SiTi. The van der Waals surface area contributed by atoms with Crippen LogP contribution in [0.5, 0.6) is 0 Å². The molecule has 0 bridgehead atoms. The number of aryl methyl sites for hydroxylation is 3. The number of rotatable bonds is 4. The van der Waals surface area contributed by atoms with E-state index in [0.29, 0.717) is 5.92 Å². The Balaban J connectivity index is 0.00000193. The predicted molar refractivity (Wildman–Crippen MR) is 155 cm³/mol. The summed E-state index contributed by atoms with van der Waals surface area (Å²) in [4.78, 5) is 0. The normalized spacial score (nSPS) is 15.4. The maximum absolute atomic E-state index is 2.46. The van der Waals surface area contributed by atoms with E-state index in [9.17, 15) is 0 Å². The molecule has 0 heterocycles. The first-order valence-electron chi connectivity index (χ1n) is 11.1. The zero-order valence-electron chi connectivity index (χ0n) is 20.7. The summed E-state index contributed by atoms with van der Waals surface area (Å²) in [6.45, 7) is 13.8. The maximum Gasteiger partial charge on any atom is -0.147 e. The maximum atomic E-state index is 2.45. The Morgan fingerprint density at radius 1 is 0.588 bits per heavy atom. The Bertz CT molecular complexity index is 1120. The van der Waals surface area contributed by atoms with E-state index < -0.39 is 8.07 Å². The van der Waals surface area contributed by atoms with E-state index in [0.717, 1.165) is 0 Å². The molecule has 179 valence electrons. The summed E-state index contributed by atoms with van der Waals surface area (Å²) >= 11 is 2.33. The van der Waals surface area contributed by atoms with Crippen LogP contribution in [0, 0.1) is 26.7 Å². The first kappa shape index (κ1) is 31.0. The number of allylic oxidation sites excluding steroid dienone is 4. The van der Waals surface area contributed by atoms with Crippen molar-refractivity contribution in [2.45, 2.75) is 41.5 Å². The van der Waals surface area contributed by atoms with Crippen molar-refractivity contribution in [3.8, 4) is 0 Å². The topological polar surface area (TPSA) is 0 Å². The molecule has 0 N–H and O–H groups in total. The van der Waals surface area contributed by atoms with Crippen LogP contribution in [0.1, 0.15) is 37.5 Å². The van der Waals surface area contributed by atoms with Gasteiger partial charge in [0.2, 0.25) is 0 Å². The van der Waals surface area contributed by atoms with Crippen LogP contribution in [-0.2, 0) is 20.4 Å². The second-order valence-electron chi connectivity index (χ2n) is 9.16. The molecule has 0 spiro atoms. The molecule has 1 aliphatic carbocycles. The summed E-state index contributed by atoms with van der Waals surface area (Å²) in [5, 5.41) is 6.14. The van der Waals surface area contributed by atoms with Crippen LogP contribution < -0.4 is 15.6 Å². The second kappa shape index (κ2) is 12.3. The van der Waals surface area contributed by atoms with Gasteiger partial charge in [0.1, 0.15) is 0 Å². The fourth-order valence-corrected chi connectivity index (χ4v) is 12.0. The smallest absolute Gasteiger partial charge is 0.147 e. The monoisotopic (exact) mass is 563 g/mol. The summed E-state index contributed by atoms with van der Waals surface area (Å²) in [6, 6.07) is 27.9. The zero-order valence-corrected chi connectivity index (χ0v) is 25.7. The van der Waals surface area contributed by atoms with E-state index in [1.165, 1.54) is 47.3 Å². The van der Waals surface area contributed by atoms with Crippen molar-refractivity contribution in [2.75, 3.05) is 0 Å². The largest absolute Gasteiger partial charge is 0.147 e.